The van der Waals surface area contributed by atoms with E-state index in [4.69, 9.17) is 17.0 Å². The van der Waals surface area contributed by atoms with Gasteiger partial charge in [-0.1, -0.05) is 60.8 Å². The summed E-state index contributed by atoms with van der Waals surface area (Å²) in [4.78, 5) is 27.0. The zero-order valence-electron chi connectivity index (χ0n) is 17.4. The molecule has 0 bridgehead atoms. The third-order valence-corrected chi connectivity index (χ3v) is 6.95. The molecule has 10 heteroatoms. The molecule has 2 heterocycles. The molecule has 1 fully saturated rings. The number of thiocarbonyl (C=S) groups is 1. The van der Waals surface area contributed by atoms with Crippen LogP contribution in [0.25, 0.3) is 6.08 Å². The third-order valence-electron chi connectivity index (χ3n) is 4.59. The van der Waals surface area contributed by atoms with Crippen molar-refractivity contribution in [3.05, 3.63) is 39.7 Å². The molecular formula is C21H24N4O3S3. The smallest absolute Gasteiger partial charge is 0.266 e. The second-order valence-corrected chi connectivity index (χ2v) is 9.56. The number of nitrogens with zero attached hydrogens (tertiary/aromatic N) is 3. The number of carbonyl (C=O) groups excluding carboxylic acids is 2. The van der Waals surface area contributed by atoms with Gasteiger partial charge in [0.25, 0.3) is 5.91 Å². The van der Waals surface area contributed by atoms with Crippen LogP contribution in [0.3, 0.4) is 0 Å². The predicted molar refractivity (Wildman–Crippen MR) is 129 cm³/mol. The van der Waals surface area contributed by atoms with Crippen molar-refractivity contribution >= 4 is 62.7 Å². The first-order valence-corrected chi connectivity index (χ1v) is 12.1. The summed E-state index contributed by atoms with van der Waals surface area (Å²) < 4.78 is 5.73. The van der Waals surface area contributed by atoms with Crippen LogP contribution < -0.4 is 10.1 Å². The average molecular weight is 477 g/mol. The topological polar surface area (TPSA) is 84.4 Å². The van der Waals surface area contributed by atoms with Crippen LogP contribution in [0.5, 0.6) is 5.75 Å². The van der Waals surface area contributed by atoms with E-state index >= 15 is 0 Å². The van der Waals surface area contributed by atoms with E-state index in [9.17, 15) is 9.59 Å². The van der Waals surface area contributed by atoms with Gasteiger partial charge >= 0.3 is 0 Å². The van der Waals surface area contributed by atoms with E-state index in [0.717, 1.165) is 42.0 Å². The summed E-state index contributed by atoms with van der Waals surface area (Å²) in [5.41, 5.74) is 0.925. The highest BCUT2D eigenvalue weighted by Crippen LogP contribution is 2.33. The maximum atomic E-state index is 12.7. The number of aromatic nitrogens is 2. The number of ether oxygens (including phenoxy) is 1. The first-order chi connectivity index (χ1) is 15.0. The fourth-order valence-corrected chi connectivity index (χ4v) is 4.91. The molecule has 0 radical (unpaired) electrons. The number of hydrogen-bond acceptors (Lipinski definition) is 8. The number of amides is 2. The minimum absolute atomic E-state index is 0.0631. The SMILES string of the molecule is CCc1nnc(NC(=O)CCCCCN2C(=O)C(=Cc3ccc(OC)cc3)SC2=S)s1. The van der Waals surface area contributed by atoms with E-state index in [-0.39, 0.29) is 11.8 Å². The van der Waals surface area contributed by atoms with Gasteiger partial charge in [0.1, 0.15) is 15.1 Å². The highest BCUT2D eigenvalue weighted by Gasteiger charge is 2.31. The monoisotopic (exact) mass is 476 g/mol. The number of hydrogen-bond donors (Lipinski definition) is 1. The van der Waals surface area contributed by atoms with Crippen molar-refractivity contribution in [1.29, 1.82) is 0 Å². The zero-order chi connectivity index (χ0) is 22.2. The van der Waals surface area contributed by atoms with Gasteiger partial charge in [-0.25, -0.2) is 0 Å². The van der Waals surface area contributed by atoms with Crippen LogP contribution in [0.2, 0.25) is 0 Å². The summed E-state index contributed by atoms with van der Waals surface area (Å²) >= 11 is 8.11. The Balaban J connectivity index is 1.40. The average Bonchev–Trinajstić information content (AvgIpc) is 3.33. The highest BCUT2D eigenvalue weighted by atomic mass is 32.2. The number of nitrogens with one attached hydrogen (secondary N) is 1. The summed E-state index contributed by atoms with van der Waals surface area (Å²) in [5.74, 6) is 0.644. The van der Waals surface area contributed by atoms with Crippen molar-refractivity contribution in [2.24, 2.45) is 0 Å². The molecule has 2 aromatic rings. The van der Waals surface area contributed by atoms with Gasteiger partial charge in [0.15, 0.2) is 0 Å². The number of aryl methyl sites for hydroxylation is 1. The standard InChI is InChI=1S/C21H24N4O3S3/c1-3-18-23-24-20(31-18)22-17(26)7-5-4-6-12-25-19(27)16(30-21(25)29)13-14-8-10-15(28-2)11-9-14/h8-11,13H,3-7,12H2,1-2H3,(H,22,24,26). The molecule has 1 aliphatic heterocycles. The van der Waals surface area contributed by atoms with Crippen molar-refractivity contribution in [3.8, 4) is 5.75 Å². The molecule has 1 saturated heterocycles. The van der Waals surface area contributed by atoms with Crippen LogP contribution in [0, 0.1) is 0 Å². The summed E-state index contributed by atoms with van der Waals surface area (Å²) in [6.45, 7) is 2.56. The largest absolute Gasteiger partial charge is 0.497 e. The third kappa shape index (κ3) is 6.59. The fourth-order valence-electron chi connectivity index (χ4n) is 2.91. The van der Waals surface area contributed by atoms with Crippen LogP contribution in [0.15, 0.2) is 29.2 Å². The van der Waals surface area contributed by atoms with Gasteiger partial charge < -0.3 is 10.1 Å². The summed E-state index contributed by atoms with van der Waals surface area (Å²) in [5, 5.41) is 12.2. The van der Waals surface area contributed by atoms with E-state index in [1.165, 1.54) is 23.1 Å². The lowest BCUT2D eigenvalue weighted by molar-refractivity contribution is -0.122. The first kappa shape index (κ1) is 23.4. The van der Waals surface area contributed by atoms with Gasteiger partial charge in [0, 0.05) is 13.0 Å². The number of unbranched alkanes of at least 4 members (excludes halogenated alkanes) is 2. The molecule has 0 unspecified atom stereocenters. The molecule has 1 aromatic carbocycles. The number of rotatable bonds is 10. The molecule has 164 valence electrons. The fraction of sp³-hybridized carbons (Fsp3) is 0.381. The molecule has 0 atom stereocenters. The molecule has 0 spiro atoms. The van der Waals surface area contributed by atoms with Gasteiger partial charge in [-0.05, 0) is 43.0 Å². The quantitative estimate of drug-likeness (QED) is 0.307. The normalized spacial score (nSPS) is 15.0. The Labute approximate surface area is 195 Å². The number of anilines is 1. The number of carbonyl (C=O) groups is 2. The Morgan fingerprint density at radius 1 is 1.23 bits per heavy atom. The van der Waals surface area contributed by atoms with Crippen molar-refractivity contribution in [2.45, 2.75) is 39.0 Å². The minimum Gasteiger partial charge on any atom is -0.497 e. The number of thioether (sulfide) groups is 1. The molecule has 2 amide bonds. The van der Waals surface area contributed by atoms with Gasteiger partial charge in [-0.2, -0.15) is 0 Å². The van der Waals surface area contributed by atoms with Gasteiger partial charge in [0.2, 0.25) is 11.0 Å². The maximum Gasteiger partial charge on any atom is 0.266 e. The second kappa shape index (κ2) is 11.4. The van der Waals surface area contributed by atoms with Crippen molar-refractivity contribution in [2.75, 3.05) is 19.0 Å². The predicted octanol–water partition coefficient (Wildman–Crippen LogP) is 4.51. The second-order valence-electron chi connectivity index (χ2n) is 6.82. The van der Waals surface area contributed by atoms with Crippen molar-refractivity contribution in [1.82, 2.24) is 15.1 Å². The lowest BCUT2D eigenvalue weighted by atomic mass is 10.1. The van der Waals surface area contributed by atoms with E-state index in [1.54, 1.807) is 12.0 Å². The van der Waals surface area contributed by atoms with E-state index in [2.05, 4.69) is 15.5 Å². The number of benzene rings is 1. The van der Waals surface area contributed by atoms with E-state index in [1.807, 2.05) is 37.3 Å². The maximum absolute atomic E-state index is 12.7. The summed E-state index contributed by atoms with van der Waals surface area (Å²) in [6, 6.07) is 7.52. The molecule has 7 nitrogen and oxygen atoms in total. The molecule has 3 rings (SSSR count). The van der Waals surface area contributed by atoms with Crippen molar-refractivity contribution in [3.63, 3.8) is 0 Å². The molecule has 1 N–H and O–H groups in total. The van der Waals surface area contributed by atoms with E-state index < -0.39 is 0 Å². The Kier molecular flexibility index (Phi) is 8.56. The Morgan fingerprint density at radius 2 is 2.00 bits per heavy atom. The Hall–Kier alpha value is -2.30. The molecular weight excluding hydrogens is 452 g/mol. The van der Waals surface area contributed by atoms with Gasteiger partial charge in [-0.15, -0.1) is 10.2 Å². The van der Waals surface area contributed by atoms with Gasteiger partial charge in [0.05, 0.1) is 12.0 Å². The molecule has 0 saturated carbocycles. The van der Waals surface area contributed by atoms with Gasteiger partial charge in [-0.3, -0.25) is 14.5 Å². The molecule has 1 aromatic heterocycles. The molecule has 1 aliphatic rings. The van der Waals surface area contributed by atoms with Crippen molar-refractivity contribution < 1.29 is 14.3 Å². The lowest BCUT2D eigenvalue weighted by Gasteiger charge is -2.14. The van der Waals surface area contributed by atoms with Crippen LogP contribution in [-0.4, -0.2) is 44.9 Å². The van der Waals surface area contributed by atoms with Crippen LogP contribution in [-0.2, 0) is 16.0 Å². The minimum atomic E-state index is -0.0634. The zero-order valence-corrected chi connectivity index (χ0v) is 19.9. The Morgan fingerprint density at radius 3 is 2.68 bits per heavy atom. The highest BCUT2D eigenvalue weighted by molar-refractivity contribution is 8.26. The Bertz CT molecular complexity index is 973. The molecule has 0 aliphatic carbocycles. The van der Waals surface area contributed by atoms with E-state index in [0.29, 0.717) is 27.3 Å². The summed E-state index contributed by atoms with van der Waals surface area (Å²) in [7, 11) is 1.62. The van der Waals surface area contributed by atoms with Crippen LogP contribution in [0.1, 0.15) is 43.2 Å². The number of methoxy groups -OCH3 is 1. The van der Waals surface area contributed by atoms with Crippen LogP contribution >= 0.6 is 35.3 Å². The van der Waals surface area contributed by atoms with Crippen LogP contribution in [0.4, 0.5) is 5.13 Å². The summed E-state index contributed by atoms with van der Waals surface area (Å²) in [6.07, 6.45) is 5.42. The lowest BCUT2D eigenvalue weighted by Crippen LogP contribution is -2.29. The molecule has 31 heavy (non-hydrogen) atoms. The first-order valence-electron chi connectivity index (χ1n) is 10.0.